The Hall–Kier alpha value is -3.02. The smallest absolute Gasteiger partial charge is 0.409 e. The second-order valence-corrected chi connectivity index (χ2v) is 5.46. The standard InChI is InChI=1S/C18H18N2O4/c1-23-18(22)20-9-8-13-4-5-15(11-14(13)12-20)19-17(21)7-6-16-3-2-10-24-16/h2-7,10-11H,8-9,12H2,1H3,(H,19,21)/b7-6+. The largest absolute Gasteiger partial charge is 0.465 e. The van der Waals surface area contributed by atoms with Crippen LogP contribution in [0.25, 0.3) is 6.08 Å². The van der Waals surface area contributed by atoms with Crippen molar-refractivity contribution in [1.82, 2.24) is 4.90 Å². The lowest BCUT2D eigenvalue weighted by Crippen LogP contribution is -2.35. The number of nitrogens with zero attached hydrogens (tertiary/aromatic N) is 1. The van der Waals surface area contributed by atoms with E-state index in [0.717, 1.165) is 12.0 Å². The first-order valence-corrected chi connectivity index (χ1v) is 7.63. The number of fused-ring (bicyclic) bond motifs is 1. The number of hydrogen-bond donors (Lipinski definition) is 1. The van der Waals surface area contributed by atoms with E-state index in [2.05, 4.69) is 5.32 Å². The fourth-order valence-corrected chi connectivity index (χ4v) is 2.65. The highest BCUT2D eigenvalue weighted by molar-refractivity contribution is 6.01. The summed E-state index contributed by atoms with van der Waals surface area (Å²) >= 11 is 0. The Morgan fingerprint density at radius 3 is 2.92 bits per heavy atom. The van der Waals surface area contributed by atoms with Gasteiger partial charge in [0.05, 0.1) is 13.4 Å². The molecule has 0 fully saturated rings. The summed E-state index contributed by atoms with van der Waals surface area (Å²) < 4.78 is 9.90. The third kappa shape index (κ3) is 3.65. The zero-order valence-electron chi connectivity index (χ0n) is 13.3. The zero-order valence-corrected chi connectivity index (χ0v) is 13.3. The van der Waals surface area contributed by atoms with Crippen LogP contribution in [-0.2, 0) is 22.5 Å². The maximum Gasteiger partial charge on any atom is 0.409 e. The number of rotatable bonds is 3. The van der Waals surface area contributed by atoms with Gasteiger partial charge in [0.1, 0.15) is 5.76 Å². The first kappa shape index (κ1) is 15.9. The van der Waals surface area contributed by atoms with Crippen molar-refractivity contribution in [1.29, 1.82) is 0 Å². The van der Waals surface area contributed by atoms with Crippen molar-refractivity contribution in [2.45, 2.75) is 13.0 Å². The lowest BCUT2D eigenvalue weighted by atomic mass is 9.99. The van der Waals surface area contributed by atoms with Crippen LogP contribution >= 0.6 is 0 Å². The van der Waals surface area contributed by atoms with Gasteiger partial charge in [-0.25, -0.2) is 4.79 Å². The van der Waals surface area contributed by atoms with Crippen LogP contribution in [0.4, 0.5) is 10.5 Å². The fourth-order valence-electron chi connectivity index (χ4n) is 2.65. The molecule has 6 nitrogen and oxygen atoms in total. The van der Waals surface area contributed by atoms with Gasteiger partial charge in [-0.15, -0.1) is 0 Å². The minimum absolute atomic E-state index is 0.244. The van der Waals surface area contributed by atoms with E-state index in [-0.39, 0.29) is 12.0 Å². The van der Waals surface area contributed by atoms with Gasteiger partial charge in [-0.3, -0.25) is 4.79 Å². The molecular weight excluding hydrogens is 308 g/mol. The molecule has 1 aliphatic heterocycles. The average molecular weight is 326 g/mol. The van der Waals surface area contributed by atoms with E-state index in [1.807, 2.05) is 18.2 Å². The summed E-state index contributed by atoms with van der Waals surface area (Å²) in [7, 11) is 1.37. The van der Waals surface area contributed by atoms with Crippen molar-refractivity contribution in [3.05, 3.63) is 59.6 Å². The molecule has 0 bridgehead atoms. The molecule has 1 N–H and O–H groups in total. The van der Waals surface area contributed by atoms with E-state index in [9.17, 15) is 9.59 Å². The van der Waals surface area contributed by atoms with Gasteiger partial charge in [0.2, 0.25) is 5.91 Å². The lowest BCUT2D eigenvalue weighted by Gasteiger charge is -2.28. The maximum atomic E-state index is 12.0. The highest BCUT2D eigenvalue weighted by Gasteiger charge is 2.21. The van der Waals surface area contributed by atoms with Crippen LogP contribution in [0, 0.1) is 0 Å². The second-order valence-electron chi connectivity index (χ2n) is 5.46. The molecule has 3 rings (SSSR count). The van der Waals surface area contributed by atoms with Crippen molar-refractivity contribution < 1.29 is 18.7 Å². The molecule has 2 amide bonds. The molecule has 0 aliphatic carbocycles. The van der Waals surface area contributed by atoms with Crippen molar-refractivity contribution in [3.8, 4) is 0 Å². The van der Waals surface area contributed by atoms with Gasteiger partial charge in [0.25, 0.3) is 0 Å². The summed E-state index contributed by atoms with van der Waals surface area (Å²) in [6.45, 7) is 1.12. The summed E-state index contributed by atoms with van der Waals surface area (Å²) in [6.07, 6.45) is 5.01. The van der Waals surface area contributed by atoms with E-state index in [0.29, 0.717) is 24.5 Å². The number of hydrogen-bond acceptors (Lipinski definition) is 4. The molecule has 1 aromatic heterocycles. The van der Waals surface area contributed by atoms with Gasteiger partial charge >= 0.3 is 6.09 Å². The summed E-state index contributed by atoms with van der Waals surface area (Å²) in [6, 6.07) is 9.27. The molecule has 1 aliphatic rings. The maximum absolute atomic E-state index is 12.0. The monoisotopic (exact) mass is 326 g/mol. The number of amides is 2. The van der Waals surface area contributed by atoms with Crippen LogP contribution in [0.1, 0.15) is 16.9 Å². The predicted octanol–water partition coefficient (Wildman–Crippen LogP) is 3.06. The van der Waals surface area contributed by atoms with Crippen molar-refractivity contribution in [3.63, 3.8) is 0 Å². The van der Waals surface area contributed by atoms with Gasteiger partial charge in [0, 0.05) is 24.9 Å². The summed E-state index contributed by atoms with van der Waals surface area (Å²) in [5.41, 5.74) is 2.88. The number of ether oxygens (including phenoxy) is 1. The number of carbonyl (C=O) groups excluding carboxylic acids is 2. The van der Waals surface area contributed by atoms with E-state index in [4.69, 9.17) is 9.15 Å². The molecule has 0 unspecified atom stereocenters. The molecule has 0 spiro atoms. The molecule has 6 heteroatoms. The quantitative estimate of drug-likeness (QED) is 0.880. The fraction of sp³-hybridized carbons (Fsp3) is 0.222. The van der Waals surface area contributed by atoms with Crippen LogP contribution < -0.4 is 5.32 Å². The minimum Gasteiger partial charge on any atom is -0.465 e. The zero-order chi connectivity index (χ0) is 16.9. The van der Waals surface area contributed by atoms with Gasteiger partial charge in [0.15, 0.2) is 0 Å². The Morgan fingerprint density at radius 2 is 2.17 bits per heavy atom. The first-order valence-electron chi connectivity index (χ1n) is 7.63. The molecule has 1 aromatic carbocycles. The van der Waals surface area contributed by atoms with Crippen molar-refractivity contribution >= 4 is 23.8 Å². The number of carbonyl (C=O) groups is 2. The minimum atomic E-state index is -0.337. The average Bonchev–Trinajstić information content (AvgIpc) is 3.12. The van der Waals surface area contributed by atoms with Gasteiger partial charge in [-0.2, -0.15) is 0 Å². The normalized spacial score (nSPS) is 13.6. The highest BCUT2D eigenvalue weighted by atomic mass is 16.5. The lowest BCUT2D eigenvalue weighted by molar-refractivity contribution is -0.111. The molecular formula is C18H18N2O4. The molecule has 0 saturated carbocycles. The Bertz CT molecular complexity index is 765. The number of furan rings is 1. The molecule has 24 heavy (non-hydrogen) atoms. The Kier molecular flexibility index (Phi) is 4.65. The van der Waals surface area contributed by atoms with Gasteiger partial charge < -0.3 is 19.4 Å². The molecule has 0 atom stereocenters. The van der Waals surface area contributed by atoms with Gasteiger partial charge in [-0.05, 0) is 47.9 Å². The number of anilines is 1. The molecule has 2 aromatic rings. The van der Waals surface area contributed by atoms with Crippen LogP contribution in [-0.4, -0.2) is 30.6 Å². The molecule has 0 saturated heterocycles. The number of nitrogens with one attached hydrogen (secondary N) is 1. The Labute approximate surface area is 139 Å². The van der Waals surface area contributed by atoms with Crippen molar-refractivity contribution in [2.75, 3.05) is 19.0 Å². The molecule has 2 heterocycles. The Balaban J connectivity index is 1.67. The van der Waals surface area contributed by atoms with E-state index < -0.39 is 0 Å². The van der Waals surface area contributed by atoms with Crippen LogP contribution in [0.15, 0.2) is 47.1 Å². The number of benzene rings is 1. The van der Waals surface area contributed by atoms with E-state index in [1.54, 1.807) is 29.4 Å². The first-order chi connectivity index (χ1) is 11.7. The summed E-state index contributed by atoms with van der Waals surface area (Å²) in [5.74, 6) is 0.372. The van der Waals surface area contributed by atoms with Crippen LogP contribution in [0.3, 0.4) is 0 Å². The molecule has 124 valence electrons. The molecule has 0 radical (unpaired) electrons. The second kappa shape index (κ2) is 7.04. The predicted molar refractivity (Wildman–Crippen MR) is 89.3 cm³/mol. The van der Waals surface area contributed by atoms with E-state index >= 15 is 0 Å². The van der Waals surface area contributed by atoms with Crippen LogP contribution in [0.2, 0.25) is 0 Å². The van der Waals surface area contributed by atoms with Crippen LogP contribution in [0.5, 0.6) is 0 Å². The topological polar surface area (TPSA) is 71.8 Å². The van der Waals surface area contributed by atoms with Gasteiger partial charge in [-0.1, -0.05) is 6.07 Å². The Morgan fingerprint density at radius 1 is 1.29 bits per heavy atom. The summed E-state index contributed by atoms with van der Waals surface area (Å²) in [4.78, 5) is 25.3. The third-order valence-electron chi connectivity index (χ3n) is 3.86. The summed E-state index contributed by atoms with van der Waals surface area (Å²) in [5, 5.41) is 2.81. The third-order valence-corrected chi connectivity index (χ3v) is 3.86. The van der Waals surface area contributed by atoms with E-state index in [1.165, 1.54) is 18.7 Å². The number of methoxy groups -OCH3 is 1. The van der Waals surface area contributed by atoms with Crippen molar-refractivity contribution in [2.24, 2.45) is 0 Å². The highest BCUT2D eigenvalue weighted by Crippen LogP contribution is 2.23. The SMILES string of the molecule is COC(=O)N1CCc2ccc(NC(=O)/C=C/c3ccco3)cc2C1.